The number of benzene rings is 3. The number of aryl methyl sites for hydroxylation is 3. The highest BCUT2D eigenvalue weighted by Gasteiger charge is 2.34. The lowest BCUT2D eigenvalue weighted by Gasteiger charge is -2.25. The molecule has 0 fully saturated rings. The summed E-state index contributed by atoms with van der Waals surface area (Å²) in [6, 6.07) is 20.0. The third kappa shape index (κ3) is 6.56. The zero-order valence-electron chi connectivity index (χ0n) is 28.6. The molecule has 9 nitrogen and oxygen atoms in total. The molecule has 3 heterocycles. The van der Waals surface area contributed by atoms with E-state index in [9.17, 15) is 14.4 Å². The minimum absolute atomic E-state index is 0.121. The van der Waals surface area contributed by atoms with E-state index in [2.05, 4.69) is 32.9 Å². The highest BCUT2D eigenvalue weighted by Crippen LogP contribution is 2.33. The van der Waals surface area contributed by atoms with Gasteiger partial charge in [0.25, 0.3) is 5.56 Å². The Labute approximate surface area is 288 Å². The van der Waals surface area contributed by atoms with Crippen LogP contribution < -0.4 is 14.9 Å². The highest BCUT2D eigenvalue weighted by atomic mass is 32.1. The number of fused-ring (bicyclic) bond motifs is 1. The molecule has 0 aliphatic carbocycles. The average molecular weight is 675 g/mol. The molecule has 0 amide bonds. The van der Waals surface area contributed by atoms with E-state index in [4.69, 9.17) is 19.6 Å². The molecule has 0 spiro atoms. The average Bonchev–Trinajstić information content (AvgIpc) is 3.62. The number of hydrogen-bond acceptors (Lipinski definition) is 8. The molecular weight excluding hydrogens is 637 g/mol. The first-order valence-electron chi connectivity index (χ1n) is 16.1. The molecule has 2 aromatic heterocycles. The van der Waals surface area contributed by atoms with Crippen molar-refractivity contribution >= 4 is 29.4 Å². The molecule has 3 aromatic carbocycles. The fraction of sp³-hybridized carbons (Fsp3) is 0.256. The number of methoxy groups -OCH3 is 1. The van der Waals surface area contributed by atoms with Crippen molar-refractivity contribution in [1.82, 2.24) is 14.3 Å². The van der Waals surface area contributed by atoms with Crippen molar-refractivity contribution < 1.29 is 19.1 Å². The normalized spacial score (nSPS) is 14.5. The molecule has 0 radical (unpaired) electrons. The number of rotatable bonds is 8. The minimum Gasteiger partial charge on any atom is -0.465 e. The van der Waals surface area contributed by atoms with Crippen LogP contribution in [-0.2, 0) is 14.3 Å². The maximum Gasteiger partial charge on any atom is 0.338 e. The van der Waals surface area contributed by atoms with Crippen LogP contribution in [0.2, 0.25) is 0 Å². The summed E-state index contributed by atoms with van der Waals surface area (Å²) in [6.07, 6.45) is 3.79. The van der Waals surface area contributed by atoms with Gasteiger partial charge >= 0.3 is 11.9 Å². The predicted octanol–water partition coefficient (Wildman–Crippen LogP) is 6.00. The van der Waals surface area contributed by atoms with Crippen LogP contribution >= 0.6 is 11.3 Å². The molecule has 250 valence electrons. The van der Waals surface area contributed by atoms with Gasteiger partial charge in [-0.2, -0.15) is 5.10 Å². The zero-order chi connectivity index (χ0) is 35.0. The number of carbonyl (C=O) groups is 2. The summed E-state index contributed by atoms with van der Waals surface area (Å²) in [6.45, 7) is 12.1. The van der Waals surface area contributed by atoms with Gasteiger partial charge in [-0.3, -0.25) is 9.36 Å². The fourth-order valence-electron chi connectivity index (χ4n) is 6.23. The number of esters is 2. The molecular formula is C39H38N4O5S. The summed E-state index contributed by atoms with van der Waals surface area (Å²) in [7, 11) is 1.32. The molecule has 0 saturated heterocycles. The number of ether oxygens (including phenoxy) is 2. The number of para-hydroxylation sites is 1. The topological polar surface area (TPSA) is 105 Å². The Balaban J connectivity index is 1.56. The Bertz CT molecular complexity index is 2270. The van der Waals surface area contributed by atoms with E-state index in [1.165, 1.54) is 18.4 Å². The molecule has 10 heteroatoms. The first-order valence-corrected chi connectivity index (χ1v) is 16.9. The number of nitrogens with zero attached hydrogens (tertiary/aromatic N) is 4. The van der Waals surface area contributed by atoms with Crippen molar-refractivity contribution in [2.24, 2.45) is 10.9 Å². The van der Waals surface area contributed by atoms with Crippen molar-refractivity contribution in [1.29, 1.82) is 0 Å². The first kappa shape index (κ1) is 33.5. The highest BCUT2D eigenvalue weighted by molar-refractivity contribution is 7.07. The van der Waals surface area contributed by atoms with Crippen molar-refractivity contribution in [3.63, 3.8) is 0 Å². The molecule has 0 saturated carbocycles. The van der Waals surface area contributed by atoms with Crippen molar-refractivity contribution in [3.8, 4) is 16.9 Å². The van der Waals surface area contributed by atoms with Gasteiger partial charge in [0.15, 0.2) is 4.80 Å². The van der Waals surface area contributed by atoms with E-state index >= 15 is 0 Å². The smallest absolute Gasteiger partial charge is 0.338 e. The van der Waals surface area contributed by atoms with Gasteiger partial charge in [0.2, 0.25) is 0 Å². The SMILES string of the molecule is COC(=O)c1ccc(C2C(C(=O)OCC(C)C)=C(C)N=c3sc(=Cc4cn(-c5ccccc5)nc4-c4c(C)cc(C)cc4C)c(=O)n32)cc1. The Hall–Kier alpha value is -5.35. The van der Waals surface area contributed by atoms with Crippen molar-refractivity contribution in [2.75, 3.05) is 13.7 Å². The number of hydrogen-bond donors (Lipinski definition) is 0. The first-order chi connectivity index (χ1) is 23.5. The Kier molecular flexibility index (Phi) is 9.34. The largest absolute Gasteiger partial charge is 0.465 e. The quantitative estimate of drug-likeness (QED) is 0.187. The van der Waals surface area contributed by atoms with E-state index in [0.29, 0.717) is 26.2 Å². The predicted molar refractivity (Wildman–Crippen MR) is 191 cm³/mol. The van der Waals surface area contributed by atoms with Gasteiger partial charge in [-0.1, -0.05) is 73.2 Å². The lowest BCUT2D eigenvalue weighted by atomic mass is 9.95. The molecule has 5 aromatic rings. The van der Waals surface area contributed by atoms with Gasteiger partial charge < -0.3 is 9.47 Å². The van der Waals surface area contributed by atoms with E-state index in [1.54, 1.807) is 35.8 Å². The van der Waals surface area contributed by atoms with Crippen LogP contribution in [0.25, 0.3) is 23.0 Å². The maximum atomic E-state index is 14.5. The maximum absolute atomic E-state index is 14.5. The summed E-state index contributed by atoms with van der Waals surface area (Å²) < 4.78 is 14.4. The van der Waals surface area contributed by atoms with Gasteiger partial charge in [-0.05, 0) is 80.6 Å². The molecule has 1 unspecified atom stereocenters. The van der Waals surface area contributed by atoms with Crippen LogP contribution in [0.5, 0.6) is 0 Å². The van der Waals surface area contributed by atoms with Gasteiger partial charge in [-0.25, -0.2) is 19.3 Å². The molecule has 1 aliphatic rings. The van der Waals surface area contributed by atoms with Gasteiger partial charge in [0.1, 0.15) is 5.69 Å². The van der Waals surface area contributed by atoms with Crippen molar-refractivity contribution in [2.45, 2.75) is 47.6 Å². The summed E-state index contributed by atoms with van der Waals surface area (Å²) in [5.74, 6) is -0.900. The molecule has 49 heavy (non-hydrogen) atoms. The number of allylic oxidation sites excluding steroid dienone is 1. The lowest BCUT2D eigenvalue weighted by Crippen LogP contribution is -2.40. The van der Waals surface area contributed by atoms with Crippen LogP contribution in [0.3, 0.4) is 0 Å². The minimum atomic E-state index is -0.821. The fourth-order valence-corrected chi connectivity index (χ4v) is 7.27. The molecule has 0 bridgehead atoms. The summed E-state index contributed by atoms with van der Waals surface area (Å²) in [5.41, 5.74) is 8.19. The standard InChI is InChI=1S/C39H38N4O5S/c1-22(2)21-48-38(46)33-26(6)40-39-43(35(33)27-13-15-28(16-14-27)37(45)47-7)36(44)31(49-39)19-29-20-42(30-11-9-8-10-12-30)41-34(29)32-24(4)17-23(3)18-25(32)5/h8-20,22,35H,21H2,1-7H3. The van der Waals surface area contributed by atoms with Crippen LogP contribution in [0.1, 0.15) is 65.0 Å². The van der Waals surface area contributed by atoms with E-state index < -0.39 is 18.0 Å². The van der Waals surface area contributed by atoms with Gasteiger partial charge in [0.05, 0.1) is 46.8 Å². The number of thiazole rings is 1. The second kappa shape index (κ2) is 13.6. The molecule has 1 atom stereocenters. The number of aromatic nitrogens is 3. The van der Waals surface area contributed by atoms with E-state index in [0.717, 1.165) is 39.2 Å². The van der Waals surface area contributed by atoms with Crippen molar-refractivity contribution in [3.05, 3.63) is 137 Å². The Morgan fingerprint density at radius 3 is 2.27 bits per heavy atom. The molecule has 1 aliphatic heterocycles. The third-order valence-electron chi connectivity index (χ3n) is 8.40. The van der Waals surface area contributed by atoms with Crippen LogP contribution in [-0.4, -0.2) is 40.0 Å². The van der Waals surface area contributed by atoms with E-state index in [1.807, 2.05) is 61.1 Å². The monoisotopic (exact) mass is 674 g/mol. The Morgan fingerprint density at radius 2 is 1.63 bits per heavy atom. The van der Waals surface area contributed by atoms with Gasteiger partial charge in [-0.15, -0.1) is 0 Å². The van der Waals surface area contributed by atoms with Crippen LogP contribution in [0.15, 0.2) is 94.0 Å². The Morgan fingerprint density at radius 1 is 0.959 bits per heavy atom. The summed E-state index contributed by atoms with van der Waals surface area (Å²) in [4.78, 5) is 45.5. The molecule has 6 rings (SSSR count). The van der Waals surface area contributed by atoms with Crippen LogP contribution in [0, 0.1) is 26.7 Å². The third-order valence-corrected chi connectivity index (χ3v) is 9.38. The molecule has 0 N–H and O–H groups in total. The second-order valence-corrected chi connectivity index (χ2v) is 13.7. The lowest BCUT2D eigenvalue weighted by molar-refractivity contribution is -0.140. The summed E-state index contributed by atoms with van der Waals surface area (Å²) in [5, 5.41) is 5.03. The second-order valence-electron chi connectivity index (χ2n) is 12.7. The number of carbonyl (C=O) groups excluding carboxylic acids is 2. The van der Waals surface area contributed by atoms with Crippen LogP contribution in [0.4, 0.5) is 0 Å². The summed E-state index contributed by atoms with van der Waals surface area (Å²) >= 11 is 1.25. The van der Waals surface area contributed by atoms with Gasteiger partial charge in [0, 0.05) is 17.3 Å². The van der Waals surface area contributed by atoms with E-state index in [-0.39, 0.29) is 23.7 Å². The zero-order valence-corrected chi connectivity index (χ0v) is 29.4.